The van der Waals surface area contributed by atoms with Gasteiger partial charge in [-0.25, -0.2) is 0 Å². The highest BCUT2D eigenvalue weighted by Gasteiger charge is 2.25. The lowest BCUT2D eigenvalue weighted by atomic mass is 9.86. The molecular weight excluding hydrogens is 268 g/mol. The fourth-order valence-electron chi connectivity index (χ4n) is 2.36. The number of carboxylic acids is 1. The van der Waals surface area contributed by atoms with Crippen LogP contribution < -0.4 is 5.32 Å². The van der Waals surface area contributed by atoms with Gasteiger partial charge in [0.15, 0.2) is 0 Å². The minimum Gasteiger partial charge on any atom is -0.481 e. The number of aliphatic carboxylic acids is 1. The summed E-state index contributed by atoms with van der Waals surface area (Å²) in [4.78, 5) is 21.0. The Balaban J connectivity index is 1.77. The maximum Gasteiger partial charge on any atom is 0.324 e. The summed E-state index contributed by atoms with van der Waals surface area (Å²) in [5, 5.41) is 24.7. The van der Waals surface area contributed by atoms with E-state index in [0.29, 0.717) is 25.4 Å². The molecule has 1 aliphatic carbocycles. The molecule has 7 heteroatoms. The molecule has 0 saturated heterocycles. The maximum atomic E-state index is 10.8. The van der Waals surface area contributed by atoms with E-state index in [1.165, 1.54) is 0 Å². The van der Waals surface area contributed by atoms with E-state index in [0.717, 1.165) is 29.7 Å². The molecule has 1 heterocycles. The van der Waals surface area contributed by atoms with Crippen LogP contribution in [0.1, 0.15) is 31.2 Å². The van der Waals surface area contributed by atoms with E-state index in [4.69, 9.17) is 5.11 Å². The fraction of sp³-hybridized carbons (Fsp3) is 0.583. The van der Waals surface area contributed by atoms with Crippen molar-refractivity contribution < 1.29 is 14.8 Å². The second-order valence-electron chi connectivity index (χ2n) is 4.82. The molecule has 1 fully saturated rings. The lowest BCUT2D eigenvalue weighted by Crippen LogP contribution is -2.34. The molecule has 1 aliphatic rings. The molecule has 1 aromatic rings. The van der Waals surface area contributed by atoms with Gasteiger partial charge in [0.1, 0.15) is 0 Å². The lowest BCUT2D eigenvalue weighted by Gasteiger charge is -2.26. The summed E-state index contributed by atoms with van der Waals surface area (Å²) in [5.41, 5.74) is 0.914. The zero-order valence-electron chi connectivity index (χ0n) is 10.4. The molecule has 2 rings (SSSR count). The van der Waals surface area contributed by atoms with Gasteiger partial charge >= 0.3 is 11.0 Å². The summed E-state index contributed by atoms with van der Waals surface area (Å²) < 4.78 is 0. The first-order valence-corrected chi connectivity index (χ1v) is 7.12. The van der Waals surface area contributed by atoms with Gasteiger partial charge < -0.3 is 10.4 Å². The predicted molar refractivity (Wildman–Crippen MR) is 71.2 cm³/mol. The first-order valence-electron chi connectivity index (χ1n) is 6.24. The van der Waals surface area contributed by atoms with Crippen molar-refractivity contribution in [3.05, 3.63) is 27.1 Å². The summed E-state index contributed by atoms with van der Waals surface area (Å²) in [5.74, 6) is -0.910. The smallest absolute Gasteiger partial charge is 0.324 e. The van der Waals surface area contributed by atoms with Crippen molar-refractivity contribution in [1.82, 2.24) is 5.32 Å². The Labute approximate surface area is 114 Å². The Morgan fingerprint density at radius 2 is 2.16 bits per heavy atom. The fourth-order valence-corrected chi connectivity index (χ4v) is 3.09. The number of carbonyl (C=O) groups is 1. The summed E-state index contributed by atoms with van der Waals surface area (Å²) in [6.07, 6.45) is 3.11. The molecule has 1 aromatic heterocycles. The molecule has 1 saturated carbocycles. The van der Waals surface area contributed by atoms with E-state index in [2.05, 4.69) is 5.32 Å². The molecule has 104 valence electrons. The molecule has 0 unspecified atom stereocenters. The summed E-state index contributed by atoms with van der Waals surface area (Å²) in [7, 11) is 0. The highest BCUT2D eigenvalue weighted by atomic mass is 32.1. The second-order valence-corrected chi connectivity index (χ2v) is 5.71. The molecule has 2 N–H and O–H groups in total. The Hall–Kier alpha value is -1.47. The molecule has 0 spiro atoms. The normalized spacial score (nSPS) is 23.2. The number of carboxylic acid groups (broad SMARTS) is 1. The van der Waals surface area contributed by atoms with Gasteiger partial charge in [-0.05, 0) is 31.2 Å². The van der Waals surface area contributed by atoms with Crippen molar-refractivity contribution >= 4 is 22.3 Å². The van der Waals surface area contributed by atoms with Crippen LogP contribution >= 0.6 is 11.3 Å². The Morgan fingerprint density at radius 1 is 1.47 bits per heavy atom. The van der Waals surface area contributed by atoms with Crippen LogP contribution in [0.4, 0.5) is 5.00 Å². The van der Waals surface area contributed by atoms with E-state index in [1.807, 2.05) is 0 Å². The number of thiophene rings is 1. The van der Waals surface area contributed by atoms with Gasteiger partial charge in [-0.2, -0.15) is 0 Å². The van der Waals surface area contributed by atoms with Crippen LogP contribution in [0, 0.1) is 16.0 Å². The van der Waals surface area contributed by atoms with Crippen molar-refractivity contribution in [3.8, 4) is 0 Å². The molecule has 0 amide bonds. The average molecular weight is 284 g/mol. The van der Waals surface area contributed by atoms with Gasteiger partial charge in [-0.15, -0.1) is 0 Å². The summed E-state index contributed by atoms with van der Waals surface area (Å²) >= 11 is 1.13. The van der Waals surface area contributed by atoms with Crippen LogP contribution in [0.2, 0.25) is 0 Å². The monoisotopic (exact) mass is 284 g/mol. The highest BCUT2D eigenvalue weighted by molar-refractivity contribution is 7.13. The molecule has 0 aromatic carbocycles. The number of hydrogen-bond acceptors (Lipinski definition) is 5. The van der Waals surface area contributed by atoms with Crippen molar-refractivity contribution in [2.24, 2.45) is 5.92 Å². The standard InChI is InChI=1S/C12H16N2O4S/c15-12(16)9-1-3-10(4-2-9)13-6-8-5-11(14(17)18)19-7-8/h5,7,9-10,13H,1-4,6H2,(H,15,16). The summed E-state index contributed by atoms with van der Waals surface area (Å²) in [6, 6.07) is 1.90. The third-order valence-electron chi connectivity index (χ3n) is 3.49. The number of hydrogen-bond donors (Lipinski definition) is 2. The average Bonchev–Trinajstić information content (AvgIpc) is 2.86. The van der Waals surface area contributed by atoms with E-state index in [1.54, 1.807) is 11.4 Å². The van der Waals surface area contributed by atoms with Gasteiger partial charge in [-0.1, -0.05) is 11.3 Å². The van der Waals surface area contributed by atoms with Crippen molar-refractivity contribution in [2.45, 2.75) is 38.3 Å². The SMILES string of the molecule is O=C(O)C1CCC(NCc2csc([N+](=O)[O-])c2)CC1. The Morgan fingerprint density at radius 3 is 2.68 bits per heavy atom. The summed E-state index contributed by atoms with van der Waals surface area (Å²) in [6.45, 7) is 0.604. The third-order valence-corrected chi connectivity index (χ3v) is 4.42. The lowest BCUT2D eigenvalue weighted by molar-refractivity contribution is -0.380. The van der Waals surface area contributed by atoms with Gasteiger partial charge in [0.2, 0.25) is 0 Å². The van der Waals surface area contributed by atoms with E-state index in [-0.39, 0.29) is 15.8 Å². The van der Waals surface area contributed by atoms with E-state index < -0.39 is 5.97 Å². The minimum atomic E-state index is -0.702. The van der Waals surface area contributed by atoms with Crippen molar-refractivity contribution in [2.75, 3.05) is 0 Å². The van der Waals surface area contributed by atoms with Gasteiger partial charge in [-0.3, -0.25) is 14.9 Å². The predicted octanol–water partition coefficient (Wildman–Crippen LogP) is 2.39. The van der Waals surface area contributed by atoms with Gasteiger partial charge in [0, 0.05) is 24.0 Å². The third kappa shape index (κ3) is 3.74. The zero-order valence-corrected chi connectivity index (χ0v) is 11.2. The maximum absolute atomic E-state index is 10.8. The number of nitrogens with zero attached hydrogens (tertiary/aromatic N) is 1. The number of nitro groups is 1. The van der Waals surface area contributed by atoms with Gasteiger partial charge in [0.05, 0.1) is 10.8 Å². The molecule has 0 aliphatic heterocycles. The number of nitrogens with one attached hydrogen (secondary N) is 1. The number of rotatable bonds is 5. The Bertz CT molecular complexity index is 466. The van der Waals surface area contributed by atoms with Crippen LogP contribution in [-0.2, 0) is 11.3 Å². The molecule has 0 atom stereocenters. The van der Waals surface area contributed by atoms with E-state index >= 15 is 0 Å². The first kappa shape index (κ1) is 14.0. The van der Waals surface area contributed by atoms with Crippen molar-refractivity contribution in [3.63, 3.8) is 0 Å². The zero-order chi connectivity index (χ0) is 13.8. The van der Waals surface area contributed by atoms with Crippen LogP contribution in [0.15, 0.2) is 11.4 Å². The molecule has 6 nitrogen and oxygen atoms in total. The largest absolute Gasteiger partial charge is 0.481 e. The highest BCUT2D eigenvalue weighted by Crippen LogP contribution is 2.26. The second kappa shape index (κ2) is 6.12. The van der Waals surface area contributed by atoms with E-state index in [9.17, 15) is 14.9 Å². The first-order chi connectivity index (χ1) is 9.06. The Kier molecular flexibility index (Phi) is 4.49. The van der Waals surface area contributed by atoms with Crippen LogP contribution in [-0.4, -0.2) is 22.0 Å². The molecule has 0 bridgehead atoms. The van der Waals surface area contributed by atoms with Crippen LogP contribution in [0.3, 0.4) is 0 Å². The van der Waals surface area contributed by atoms with Crippen LogP contribution in [0.25, 0.3) is 0 Å². The van der Waals surface area contributed by atoms with Crippen molar-refractivity contribution in [1.29, 1.82) is 0 Å². The quantitative estimate of drug-likeness (QED) is 0.639. The topological polar surface area (TPSA) is 92.5 Å². The molecule has 0 radical (unpaired) electrons. The van der Waals surface area contributed by atoms with Crippen LogP contribution in [0.5, 0.6) is 0 Å². The minimum absolute atomic E-state index is 0.159. The molecule has 19 heavy (non-hydrogen) atoms. The molecular formula is C12H16N2O4S. The van der Waals surface area contributed by atoms with Gasteiger partial charge in [0.25, 0.3) is 0 Å².